The highest BCUT2D eigenvalue weighted by Crippen LogP contribution is 2.52. The molecule has 3 heterocycles. The third kappa shape index (κ3) is 2.14. The Kier molecular flexibility index (Phi) is 3.43. The smallest absolute Gasteiger partial charge is 0.134 e. The number of hydrogen-bond donors (Lipinski definition) is 0. The minimum atomic E-state index is 0.0972. The predicted molar refractivity (Wildman–Crippen MR) is 126 cm³/mol. The van der Waals surface area contributed by atoms with E-state index in [1.165, 1.54) is 49.6 Å². The summed E-state index contributed by atoms with van der Waals surface area (Å²) in [4.78, 5) is 0. The Morgan fingerprint density at radius 2 is 1.83 bits per heavy atom. The highest BCUT2D eigenvalue weighted by atomic mass is 16.5. The number of allylic oxidation sites excluding steroid dienone is 2. The van der Waals surface area contributed by atoms with Gasteiger partial charge in [0, 0.05) is 27.9 Å². The Morgan fingerprint density at radius 1 is 1.07 bits per heavy atom. The molecule has 2 aromatic heterocycles. The lowest BCUT2D eigenvalue weighted by atomic mass is 9.78. The second-order valence-electron chi connectivity index (χ2n) is 10.4. The highest BCUT2D eigenvalue weighted by molar-refractivity contribution is 6.19. The number of aromatic nitrogens is 1. The minimum Gasteiger partial charge on any atom is -0.484 e. The molecule has 1 aliphatic carbocycles. The van der Waals surface area contributed by atoms with Gasteiger partial charge in [-0.05, 0) is 47.6 Å². The molecule has 1 aliphatic heterocycles. The van der Waals surface area contributed by atoms with Gasteiger partial charge < -0.3 is 9.14 Å². The van der Waals surface area contributed by atoms with Crippen molar-refractivity contribution in [2.24, 2.45) is 5.41 Å². The van der Waals surface area contributed by atoms with Crippen molar-refractivity contribution in [1.29, 1.82) is 0 Å². The molecule has 2 nitrogen and oxygen atoms in total. The molecule has 2 unspecified atom stereocenters. The maximum atomic E-state index is 6.66. The molecular weight excluding hydrogens is 366 g/mol. The Labute approximate surface area is 178 Å². The van der Waals surface area contributed by atoms with Crippen molar-refractivity contribution in [2.45, 2.75) is 59.5 Å². The van der Waals surface area contributed by atoms with Gasteiger partial charge in [0.15, 0.2) is 0 Å². The zero-order chi connectivity index (χ0) is 20.9. The molecule has 2 heteroatoms. The fraction of sp³-hybridized carbons (Fsp3) is 0.357. The fourth-order valence-corrected chi connectivity index (χ4v) is 5.74. The Bertz CT molecular complexity index is 1390. The van der Waals surface area contributed by atoms with Crippen LogP contribution in [0.3, 0.4) is 0 Å². The van der Waals surface area contributed by atoms with Crippen molar-refractivity contribution in [1.82, 2.24) is 4.40 Å². The number of aryl methyl sites for hydroxylation is 1. The van der Waals surface area contributed by atoms with Crippen LogP contribution in [-0.2, 0) is 0 Å². The van der Waals surface area contributed by atoms with E-state index >= 15 is 0 Å². The van der Waals surface area contributed by atoms with Gasteiger partial charge in [-0.15, -0.1) is 0 Å². The molecule has 0 fully saturated rings. The van der Waals surface area contributed by atoms with Crippen LogP contribution in [0.2, 0.25) is 0 Å². The first-order valence-electron chi connectivity index (χ1n) is 11.2. The highest BCUT2D eigenvalue weighted by Gasteiger charge is 2.38. The van der Waals surface area contributed by atoms with E-state index in [0.717, 1.165) is 5.75 Å². The summed E-state index contributed by atoms with van der Waals surface area (Å²) in [6.07, 6.45) is 7.08. The molecular formula is C28H29NO. The molecule has 0 N–H and O–H groups in total. The van der Waals surface area contributed by atoms with Crippen LogP contribution < -0.4 is 4.74 Å². The molecule has 0 spiro atoms. The topological polar surface area (TPSA) is 13.6 Å². The Hall–Kier alpha value is -2.74. The van der Waals surface area contributed by atoms with E-state index in [1.807, 2.05) is 0 Å². The normalized spacial score (nSPS) is 21.0. The fourth-order valence-electron chi connectivity index (χ4n) is 5.74. The summed E-state index contributed by atoms with van der Waals surface area (Å²) in [5.74, 6) is 1.84. The molecule has 0 saturated heterocycles. The van der Waals surface area contributed by atoms with Gasteiger partial charge >= 0.3 is 0 Å². The molecule has 4 aromatic rings. The second kappa shape index (κ2) is 5.69. The van der Waals surface area contributed by atoms with Crippen molar-refractivity contribution in [3.05, 3.63) is 71.0 Å². The maximum absolute atomic E-state index is 6.66. The van der Waals surface area contributed by atoms with Gasteiger partial charge in [0.25, 0.3) is 0 Å². The van der Waals surface area contributed by atoms with Crippen LogP contribution in [-0.4, -0.2) is 10.5 Å². The molecule has 0 bridgehead atoms. The monoisotopic (exact) mass is 395 g/mol. The van der Waals surface area contributed by atoms with E-state index < -0.39 is 0 Å². The van der Waals surface area contributed by atoms with Gasteiger partial charge in [-0.2, -0.15) is 0 Å². The number of fused-ring (bicyclic) bond motifs is 7. The van der Waals surface area contributed by atoms with Gasteiger partial charge in [0.2, 0.25) is 0 Å². The average molecular weight is 396 g/mol. The number of ether oxygens (including phenoxy) is 1. The number of nitrogens with zero attached hydrogens (tertiary/aromatic N) is 1. The first-order valence-corrected chi connectivity index (χ1v) is 11.2. The summed E-state index contributed by atoms with van der Waals surface area (Å²) in [5.41, 5.74) is 8.35. The average Bonchev–Trinajstić information content (AvgIpc) is 3.31. The van der Waals surface area contributed by atoms with E-state index in [2.05, 4.69) is 94.5 Å². The van der Waals surface area contributed by atoms with E-state index in [4.69, 9.17) is 4.74 Å². The zero-order valence-corrected chi connectivity index (χ0v) is 18.7. The van der Waals surface area contributed by atoms with Crippen molar-refractivity contribution in [3.8, 4) is 5.75 Å². The Balaban J connectivity index is 1.74. The molecule has 0 saturated carbocycles. The lowest BCUT2D eigenvalue weighted by Crippen LogP contribution is -2.20. The van der Waals surface area contributed by atoms with Crippen LogP contribution in [0.5, 0.6) is 5.75 Å². The summed E-state index contributed by atoms with van der Waals surface area (Å²) in [6.45, 7) is 13.8. The lowest BCUT2D eigenvalue weighted by molar-refractivity contribution is 0.269. The summed E-state index contributed by atoms with van der Waals surface area (Å²) >= 11 is 0. The molecule has 30 heavy (non-hydrogen) atoms. The largest absolute Gasteiger partial charge is 0.484 e. The summed E-state index contributed by atoms with van der Waals surface area (Å²) in [6, 6.07) is 11.2. The molecule has 2 aromatic carbocycles. The second-order valence-corrected chi connectivity index (χ2v) is 10.4. The van der Waals surface area contributed by atoms with Crippen molar-refractivity contribution < 1.29 is 4.74 Å². The van der Waals surface area contributed by atoms with E-state index in [0.29, 0.717) is 5.92 Å². The molecule has 0 radical (unpaired) electrons. The van der Waals surface area contributed by atoms with Crippen LogP contribution in [0.15, 0.2) is 54.1 Å². The van der Waals surface area contributed by atoms with Crippen LogP contribution >= 0.6 is 0 Å². The van der Waals surface area contributed by atoms with Crippen molar-refractivity contribution in [2.75, 3.05) is 0 Å². The van der Waals surface area contributed by atoms with Crippen LogP contribution in [0.4, 0.5) is 0 Å². The SMILES string of the molecule is Cc1c(C(C)C)n2c3ccccc3c3c4c(cc1c32)C1C=C(C(C)(C)C)C=CC1O4. The van der Waals surface area contributed by atoms with Crippen molar-refractivity contribution >= 4 is 27.2 Å². The third-order valence-corrected chi connectivity index (χ3v) is 7.15. The number of benzene rings is 2. The van der Waals surface area contributed by atoms with Crippen molar-refractivity contribution in [3.63, 3.8) is 0 Å². The minimum absolute atomic E-state index is 0.0972. The first-order chi connectivity index (χ1) is 14.3. The summed E-state index contributed by atoms with van der Waals surface area (Å²) in [5, 5.41) is 3.98. The lowest BCUT2D eigenvalue weighted by Gasteiger charge is -2.26. The van der Waals surface area contributed by atoms with Crippen LogP contribution in [0.25, 0.3) is 27.2 Å². The number of hydrogen-bond acceptors (Lipinski definition) is 1. The summed E-state index contributed by atoms with van der Waals surface area (Å²) < 4.78 is 9.15. The zero-order valence-electron chi connectivity index (χ0n) is 18.7. The van der Waals surface area contributed by atoms with E-state index in [-0.39, 0.29) is 17.4 Å². The number of rotatable bonds is 1. The van der Waals surface area contributed by atoms with Crippen LogP contribution in [0.1, 0.15) is 63.3 Å². The predicted octanol–water partition coefficient (Wildman–Crippen LogP) is 7.50. The van der Waals surface area contributed by atoms with Crippen LogP contribution in [0, 0.1) is 12.3 Å². The molecule has 6 rings (SSSR count). The number of para-hydroxylation sites is 1. The van der Waals surface area contributed by atoms with Gasteiger partial charge in [-0.1, -0.05) is 65.0 Å². The molecule has 152 valence electrons. The van der Waals surface area contributed by atoms with Gasteiger partial charge in [-0.3, -0.25) is 0 Å². The van der Waals surface area contributed by atoms with E-state index in [1.54, 1.807) is 0 Å². The quantitative estimate of drug-likeness (QED) is 0.325. The molecule has 2 atom stereocenters. The molecule has 0 amide bonds. The van der Waals surface area contributed by atoms with Gasteiger partial charge in [-0.25, -0.2) is 0 Å². The first kappa shape index (κ1) is 18.1. The maximum Gasteiger partial charge on any atom is 0.134 e. The third-order valence-electron chi connectivity index (χ3n) is 7.15. The Morgan fingerprint density at radius 3 is 2.57 bits per heavy atom. The van der Waals surface area contributed by atoms with E-state index in [9.17, 15) is 0 Å². The molecule has 2 aliphatic rings. The van der Waals surface area contributed by atoms with Gasteiger partial charge in [0.1, 0.15) is 11.9 Å². The summed E-state index contributed by atoms with van der Waals surface area (Å²) in [7, 11) is 0. The van der Waals surface area contributed by atoms with Gasteiger partial charge in [0.05, 0.1) is 16.4 Å². The standard InChI is InChI=1S/C28H29NO/c1-15(2)25-16(3)19-14-21-20-13-17(28(4,5)6)11-12-23(20)30-27(21)24-18-9-7-8-10-22(18)29(25)26(19)24/h7-15,20,23H,1-6H3.